The van der Waals surface area contributed by atoms with Crippen LogP contribution >= 0.6 is 11.3 Å². The Kier molecular flexibility index (Phi) is 3.23. The summed E-state index contributed by atoms with van der Waals surface area (Å²) in [5.74, 6) is -2.15. The molecule has 2 aliphatic carbocycles. The van der Waals surface area contributed by atoms with E-state index < -0.39 is 17.8 Å². The lowest BCUT2D eigenvalue weighted by Crippen LogP contribution is -2.36. The summed E-state index contributed by atoms with van der Waals surface area (Å²) >= 11 is 1.58. The normalized spacial score (nSPS) is 28.4. The molecule has 2 aliphatic rings. The highest BCUT2D eigenvalue weighted by molar-refractivity contribution is 7.18. The lowest BCUT2D eigenvalue weighted by Gasteiger charge is -2.23. The summed E-state index contributed by atoms with van der Waals surface area (Å²) in [6.45, 7) is 1.95. The molecule has 2 bridgehead atoms. The van der Waals surface area contributed by atoms with Crippen LogP contribution in [0.3, 0.4) is 0 Å². The third-order valence-corrected chi connectivity index (χ3v) is 5.74. The Balaban J connectivity index is 1.58. The number of hydrogen-bond donors (Lipinski definition) is 2. The molecule has 2 aromatic rings. The van der Waals surface area contributed by atoms with Crippen LogP contribution in [-0.4, -0.2) is 22.0 Å². The maximum absolute atomic E-state index is 12.6. The van der Waals surface area contributed by atoms with Crippen LogP contribution in [0.4, 0.5) is 5.69 Å². The first-order chi connectivity index (χ1) is 11.0. The molecule has 23 heavy (non-hydrogen) atoms. The van der Waals surface area contributed by atoms with Crippen molar-refractivity contribution in [1.82, 2.24) is 4.98 Å². The number of allylic oxidation sites excluding steroid dienone is 2. The van der Waals surface area contributed by atoms with Gasteiger partial charge in [0.15, 0.2) is 0 Å². The monoisotopic (exact) mass is 328 g/mol. The topological polar surface area (TPSA) is 79.3 Å². The fraction of sp³-hybridized carbons (Fsp3) is 0.353. The number of aromatic nitrogens is 1. The molecule has 0 spiro atoms. The Bertz CT molecular complexity index is 841. The second-order valence-electron chi connectivity index (χ2n) is 6.24. The van der Waals surface area contributed by atoms with Gasteiger partial charge in [-0.05, 0) is 43.4 Å². The molecular weight excluding hydrogens is 312 g/mol. The summed E-state index contributed by atoms with van der Waals surface area (Å²) in [6.07, 6.45) is 4.70. The standard InChI is InChI=1S/C17H16N2O3S/c1-8-18-12-5-4-11(7-13(12)23-8)19-16(20)14-9-2-3-10(6-9)15(14)17(21)22/h2-5,7,9-10,14-15H,6H2,1H3,(H,19,20)(H,21,22)/t9-,10-,14-,15-/m0/s1. The second kappa shape index (κ2) is 5.16. The Morgan fingerprint density at radius 3 is 2.74 bits per heavy atom. The van der Waals surface area contributed by atoms with Gasteiger partial charge in [0.2, 0.25) is 5.91 Å². The first kappa shape index (κ1) is 14.4. The van der Waals surface area contributed by atoms with Gasteiger partial charge in [0.25, 0.3) is 0 Å². The number of carbonyl (C=O) groups is 2. The summed E-state index contributed by atoms with van der Waals surface area (Å²) in [6, 6.07) is 5.60. The lowest BCUT2D eigenvalue weighted by atomic mass is 9.82. The number of nitrogens with one attached hydrogen (secondary N) is 1. The van der Waals surface area contributed by atoms with Crippen LogP contribution in [0.15, 0.2) is 30.4 Å². The minimum Gasteiger partial charge on any atom is -0.481 e. The number of aliphatic carboxylic acids is 1. The van der Waals surface area contributed by atoms with Crippen LogP contribution < -0.4 is 5.32 Å². The molecule has 1 fully saturated rings. The second-order valence-corrected chi connectivity index (χ2v) is 7.48. The molecule has 118 valence electrons. The summed E-state index contributed by atoms with van der Waals surface area (Å²) < 4.78 is 1.02. The molecule has 1 aromatic carbocycles. The Hall–Kier alpha value is -2.21. The number of carboxylic acid groups (broad SMARTS) is 1. The number of benzene rings is 1. The molecule has 1 saturated carbocycles. The van der Waals surface area contributed by atoms with Crippen molar-refractivity contribution in [2.24, 2.45) is 23.7 Å². The van der Waals surface area contributed by atoms with Crippen LogP contribution in [0.2, 0.25) is 0 Å². The van der Waals surface area contributed by atoms with E-state index in [9.17, 15) is 14.7 Å². The highest BCUT2D eigenvalue weighted by Gasteiger charge is 2.51. The fourth-order valence-corrected chi connectivity index (χ4v) is 4.73. The number of thiazole rings is 1. The van der Waals surface area contributed by atoms with Crippen LogP contribution in [0.25, 0.3) is 10.2 Å². The molecule has 0 aliphatic heterocycles. The highest BCUT2D eigenvalue weighted by atomic mass is 32.1. The van der Waals surface area contributed by atoms with Crippen LogP contribution in [0.5, 0.6) is 0 Å². The molecule has 1 amide bonds. The summed E-state index contributed by atoms with van der Waals surface area (Å²) in [5, 5.41) is 13.3. The van der Waals surface area contributed by atoms with Crippen molar-refractivity contribution in [2.45, 2.75) is 13.3 Å². The third kappa shape index (κ3) is 2.34. The number of nitrogens with zero attached hydrogens (tertiary/aromatic N) is 1. The summed E-state index contributed by atoms with van der Waals surface area (Å²) in [4.78, 5) is 28.6. The number of amides is 1. The molecular formula is C17H16N2O3S. The van der Waals surface area contributed by atoms with Gasteiger partial charge in [-0.1, -0.05) is 12.2 Å². The van der Waals surface area contributed by atoms with Gasteiger partial charge in [0.1, 0.15) is 0 Å². The molecule has 4 rings (SSSR count). The van der Waals surface area contributed by atoms with Gasteiger partial charge in [-0.15, -0.1) is 11.3 Å². The van der Waals surface area contributed by atoms with E-state index in [0.717, 1.165) is 21.6 Å². The molecule has 0 unspecified atom stereocenters. The summed E-state index contributed by atoms with van der Waals surface area (Å²) in [5.41, 5.74) is 1.61. The predicted octanol–water partition coefficient (Wildman–Crippen LogP) is 3.07. The molecule has 4 atom stereocenters. The van der Waals surface area contributed by atoms with Gasteiger partial charge in [-0.3, -0.25) is 9.59 Å². The lowest BCUT2D eigenvalue weighted by molar-refractivity contribution is -0.146. The van der Waals surface area contributed by atoms with E-state index in [1.807, 2.05) is 37.3 Å². The van der Waals surface area contributed by atoms with Gasteiger partial charge in [0, 0.05) is 5.69 Å². The van der Waals surface area contributed by atoms with Crippen LogP contribution in [-0.2, 0) is 9.59 Å². The zero-order valence-electron chi connectivity index (χ0n) is 12.5. The van der Waals surface area contributed by atoms with Crippen molar-refractivity contribution in [1.29, 1.82) is 0 Å². The Labute approximate surface area is 137 Å². The first-order valence-corrected chi connectivity index (χ1v) is 8.44. The fourth-order valence-electron chi connectivity index (χ4n) is 3.86. The van der Waals surface area contributed by atoms with Gasteiger partial charge in [-0.2, -0.15) is 0 Å². The Morgan fingerprint density at radius 1 is 1.26 bits per heavy atom. The van der Waals surface area contributed by atoms with E-state index >= 15 is 0 Å². The van der Waals surface area contributed by atoms with Gasteiger partial charge in [-0.25, -0.2) is 4.98 Å². The molecule has 0 radical (unpaired) electrons. The zero-order chi connectivity index (χ0) is 16.1. The number of carboxylic acids is 1. The van der Waals surface area contributed by atoms with Crippen molar-refractivity contribution in [3.63, 3.8) is 0 Å². The predicted molar refractivity (Wildman–Crippen MR) is 88.3 cm³/mol. The van der Waals surface area contributed by atoms with E-state index in [2.05, 4.69) is 10.3 Å². The number of hydrogen-bond acceptors (Lipinski definition) is 4. The number of carbonyl (C=O) groups excluding carboxylic acids is 1. The SMILES string of the molecule is Cc1nc2ccc(NC(=O)[C@@H]3[C@@H](C(=O)O)[C@H]4C=C[C@H]3C4)cc2s1. The van der Waals surface area contributed by atoms with Crippen molar-refractivity contribution in [2.75, 3.05) is 5.32 Å². The average Bonchev–Trinajstić information content (AvgIpc) is 3.18. The number of aryl methyl sites for hydroxylation is 1. The first-order valence-electron chi connectivity index (χ1n) is 7.62. The molecule has 5 nitrogen and oxygen atoms in total. The number of anilines is 1. The minimum atomic E-state index is -0.879. The minimum absolute atomic E-state index is 0.0140. The maximum atomic E-state index is 12.6. The molecule has 1 aromatic heterocycles. The van der Waals surface area contributed by atoms with Crippen molar-refractivity contribution in [3.8, 4) is 0 Å². The molecule has 6 heteroatoms. The number of fused-ring (bicyclic) bond motifs is 3. The zero-order valence-corrected chi connectivity index (χ0v) is 13.3. The van der Waals surface area contributed by atoms with Crippen molar-refractivity contribution >= 4 is 39.1 Å². The van der Waals surface area contributed by atoms with Crippen molar-refractivity contribution in [3.05, 3.63) is 35.4 Å². The quantitative estimate of drug-likeness (QED) is 0.849. The molecule has 0 saturated heterocycles. The van der Waals surface area contributed by atoms with E-state index in [4.69, 9.17) is 0 Å². The van der Waals surface area contributed by atoms with E-state index in [1.54, 1.807) is 11.3 Å². The highest BCUT2D eigenvalue weighted by Crippen LogP contribution is 2.48. The smallest absolute Gasteiger partial charge is 0.307 e. The Morgan fingerprint density at radius 2 is 2.00 bits per heavy atom. The van der Waals surface area contributed by atoms with Crippen LogP contribution in [0, 0.1) is 30.6 Å². The number of rotatable bonds is 3. The van der Waals surface area contributed by atoms with E-state index in [0.29, 0.717) is 5.69 Å². The van der Waals surface area contributed by atoms with E-state index in [-0.39, 0.29) is 17.7 Å². The largest absolute Gasteiger partial charge is 0.481 e. The molecule has 1 heterocycles. The van der Waals surface area contributed by atoms with Gasteiger partial charge >= 0.3 is 5.97 Å². The van der Waals surface area contributed by atoms with Crippen molar-refractivity contribution < 1.29 is 14.7 Å². The molecule has 2 N–H and O–H groups in total. The van der Waals surface area contributed by atoms with Gasteiger partial charge in [0.05, 0.1) is 27.1 Å². The van der Waals surface area contributed by atoms with Crippen LogP contribution in [0.1, 0.15) is 11.4 Å². The third-order valence-electron chi connectivity index (χ3n) is 4.81. The van der Waals surface area contributed by atoms with Gasteiger partial charge < -0.3 is 10.4 Å². The maximum Gasteiger partial charge on any atom is 0.307 e. The van der Waals surface area contributed by atoms with E-state index in [1.165, 1.54) is 0 Å². The summed E-state index contributed by atoms with van der Waals surface area (Å²) in [7, 11) is 0. The average molecular weight is 328 g/mol.